The number of thiazole rings is 2. The second kappa shape index (κ2) is 8.18. The van der Waals surface area contributed by atoms with Gasteiger partial charge in [-0.15, -0.1) is 30.9 Å². The number of carbonyl (C=O) groups is 1. The number of hydrogen-bond donors (Lipinski definition) is 0. The maximum absolute atomic E-state index is 13.4. The zero-order chi connectivity index (χ0) is 19.6. The average molecular weight is 445 g/mol. The summed E-state index contributed by atoms with van der Waals surface area (Å²) in [6.45, 7) is 0. The minimum Gasteiger partial charge on any atom is -0.282 e. The summed E-state index contributed by atoms with van der Waals surface area (Å²) in [5.41, 5.74) is -0.00348. The van der Waals surface area contributed by atoms with E-state index in [0.717, 1.165) is 22.0 Å². The van der Waals surface area contributed by atoms with Crippen LogP contribution in [-0.2, 0) is 17.1 Å². The molecule has 0 saturated carbocycles. The van der Waals surface area contributed by atoms with Gasteiger partial charge in [-0.05, 0) is 23.9 Å². The van der Waals surface area contributed by atoms with Crippen LogP contribution < -0.4 is 0 Å². The van der Waals surface area contributed by atoms with Crippen molar-refractivity contribution in [2.75, 3.05) is 7.05 Å². The van der Waals surface area contributed by atoms with Crippen LogP contribution in [-0.4, -0.2) is 34.1 Å². The summed E-state index contributed by atoms with van der Waals surface area (Å²) in [4.78, 5) is 23.9. The zero-order valence-corrected chi connectivity index (χ0v) is 17.1. The number of carbonyl (C=O) groups excluding carboxylic acids is 1. The largest absolute Gasteiger partial charge is 0.427 e. The van der Waals surface area contributed by atoms with Crippen LogP contribution >= 0.6 is 42.6 Å². The lowest BCUT2D eigenvalue weighted by molar-refractivity contribution is -0.134. The molecule has 140 valence electrons. The summed E-state index contributed by atoms with van der Waals surface area (Å²) in [6.07, 6.45) is -0.721. The smallest absolute Gasteiger partial charge is 0.282 e. The predicted molar refractivity (Wildman–Crippen MR) is 108 cm³/mol. The molecule has 3 aromatic rings. The van der Waals surface area contributed by atoms with E-state index >= 15 is 0 Å². The number of alkyl halides is 3. The number of rotatable bonds is 5. The predicted octanol–water partition coefficient (Wildman–Crippen LogP) is 5.39. The summed E-state index contributed by atoms with van der Waals surface area (Å²) in [5, 5.41) is -0.348. The van der Waals surface area contributed by atoms with E-state index in [0.29, 0.717) is 23.9 Å². The summed E-state index contributed by atoms with van der Waals surface area (Å²) in [5.74, 6) is 0. The first kappa shape index (κ1) is 20.1. The van der Waals surface area contributed by atoms with Gasteiger partial charge in [0.1, 0.15) is 21.3 Å². The Morgan fingerprint density at radius 1 is 1.30 bits per heavy atom. The molecule has 3 rings (SSSR count). The maximum Gasteiger partial charge on any atom is 0.427 e. The van der Waals surface area contributed by atoms with E-state index in [-0.39, 0.29) is 16.9 Å². The van der Waals surface area contributed by atoms with Gasteiger partial charge in [-0.1, -0.05) is 18.4 Å². The normalized spacial score (nSPS) is 12.8. The fourth-order valence-electron chi connectivity index (χ4n) is 2.20. The fourth-order valence-corrected chi connectivity index (χ4v) is 5.67. The third-order valence-corrected chi connectivity index (χ3v) is 7.08. The highest BCUT2D eigenvalue weighted by atomic mass is 32.2. The molecule has 0 aliphatic heterocycles. The molecular formula is C16H11F3N3OPS3. The molecule has 0 spiro atoms. The lowest BCUT2D eigenvalue weighted by Gasteiger charge is -2.07. The Morgan fingerprint density at radius 2 is 2.04 bits per heavy atom. The van der Waals surface area contributed by atoms with Gasteiger partial charge in [0, 0.05) is 13.2 Å². The number of nitrogens with zero attached hydrogens (tertiary/aromatic N) is 3. The van der Waals surface area contributed by atoms with Crippen LogP contribution in [0.4, 0.5) is 13.2 Å². The molecule has 0 aliphatic rings. The number of para-hydroxylation sites is 1. The summed E-state index contributed by atoms with van der Waals surface area (Å²) < 4.78 is 41.5. The summed E-state index contributed by atoms with van der Waals surface area (Å²) in [7, 11) is 1.93. The number of fused-ring (bicyclic) bond motifs is 1. The Kier molecular flexibility index (Phi) is 6.10. The van der Waals surface area contributed by atoms with Crippen molar-refractivity contribution in [2.24, 2.45) is 4.99 Å². The molecule has 0 aliphatic carbocycles. The van der Waals surface area contributed by atoms with Crippen LogP contribution in [0.3, 0.4) is 0 Å². The van der Waals surface area contributed by atoms with Crippen LogP contribution in [0.15, 0.2) is 33.6 Å². The monoisotopic (exact) mass is 445 g/mol. The summed E-state index contributed by atoms with van der Waals surface area (Å²) in [6, 6.07) is 7.35. The van der Waals surface area contributed by atoms with E-state index in [2.05, 4.69) is 21.3 Å². The van der Waals surface area contributed by atoms with Gasteiger partial charge in [0.2, 0.25) is 5.12 Å². The maximum atomic E-state index is 13.4. The zero-order valence-electron chi connectivity index (χ0n) is 13.8. The Bertz CT molecular complexity index is 1010. The third-order valence-electron chi connectivity index (χ3n) is 3.27. The molecule has 0 fully saturated rings. The van der Waals surface area contributed by atoms with Gasteiger partial charge in [0.15, 0.2) is 4.34 Å². The van der Waals surface area contributed by atoms with E-state index in [1.54, 1.807) is 0 Å². The average Bonchev–Trinajstić information content (AvgIpc) is 3.19. The topological polar surface area (TPSA) is 55.2 Å². The fraction of sp³-hybridized carbons (Fsp3) is 0.188. The second-order valence-electron chi connectivity index (χ2n) is 5.07. The molecule has 0 atom stereocenters. The van der Waals surface area contributed by atoms with Gasteiger partial charge in [-0.3, -0.25) is 9.79 Å². The highest BCUT2D eigenvalue weighted by Gasteiger charge is 2.39. The molecule has 11 heteroatoms. The van der Waals surface area contributed by atoms with Gasteiger partial charge in [-0.2, -0.15) is 13.2 Å². The first-order chi connectivity index (χ1) is 12.8. The lowest BCUT2D eigenvalue weighted by Crippen LogP contribution is -2.17. The summed E-state index contributed by atoms with van der Waals surface area (Å²) >= 11 is 2.58. The minimum absolute atomic E-state index is 0.271. The number of hydrogen-bond acceptors (Lipinski definition) is 7. The van der Waals surface area contributed by atoms with Crippen LogP contribution in [0.1, 0.15) is 15.6 Å². The van der Waals surface area contributed by atoms with Crippen molar-refractivity contribution >= 4 is 70.0 Å². The number of thioether (sulfide) groups is 1. The molecule has 0 saturated heterocycles. The van der Waals surface area contributed by atoms with E-state index in [4.69, 9.17) is 0 Å². The minimum atomic E-state index is -4.61. The molecule has 0 radical (unpaired) electrons. The van der Waals surface area contributed by atoms with Crippen molar-refractivity contribution in [3.05, 3.63) is 39.8 Å². The molecule has 4 nitrogen and oxygen atoms in total. The standard InChI is InChI=1S/C16H11F3N3OPS3/c1-20-12(11-13(16(17,18)19)26-10(22-11)7-24-2)14(23)27-15-21-8-5-3-4-6-9(8)25-15/h3-6H,2,7H2,1H3. The van der Waals surface area contributed by atoms with E-state index in [1.807, 2.05) is 24.3 Å². The molecule has 0 bridgehead atoms. The van der Waals surface area contributed by atoms with Crippen molar-refractivity contribution in [2.45, 2.75) is 16.7 Å². The first-order valence-electron chi connectivity index (χ1n) is 7.37. The van der Waals surface area contributed by atoms with Crippen LogP contribution in [0.5, 0.6) is 0 Å². The van der Waals surface area contributed by atoms with Gasteiger partial charge < -0.3 is 0 Å². The molecule has 0 N–H and O–H groups in total. The van der Waals surface area contributed by atoms with Gasteiger partial charge in [0.25, 0.3) is 0 Å². The van der Waals surface area contributed by atoms with E-state index in [1.165, 1.54) is 18.4 Å². The first-order valence-corrected chi connectivity index (χ1v) is 11.1. The highest BCUT2D eigenvalue weighted by molar-refractivity contribution is 8.16. The molecule has 2 heterocycles. The Morgan fingerprint density at radius 3 is 2.67 bits per heavy atom. The van der Waals surface area contributed by atoms with Crippen LogP contribution in [0, 0.1) is 0 Å². The number of halogens is 3. The molecule has 2 aromatic heterocycles. The van der Waals surface area contributed by atoms with Crippen molar-refractivity contribution in [3.8, 4) is 0 Å². The molecule has 1 aromatic carbocycles. The van der Waals surface area contributed by atoms with E-state index in [9.17, 15) is 18.0 Å². The van der Waals surface area contributed by atoms with Gasteiger partial charge >= 0.3 is 6.18 Å². The van der Waals surface area contributed by atoms with Crippen LogP contribution in [0.2, 0.25) is 0 Å². The second-order valence-corrected chi connectivity index (χ2v) is 9.17. The molecule has 27 heavy (non-hydrogen) atoms. The van der Waals surface area contributed by atoms with Gasteiger partial charge in [-0.25, -0.2) is 9.97 Å². The third kappa shape index (κ3) is 4.45. The molecule has 0 unspecified atom stereocenters. The number of benzene rings is 1. The Labute approximate surface area is 166 Å². The Hall–Kier alpha value is -1.61. The van der Waals surface area contributed by atoms with Crippen molar-refractivity contribution < 1.29 is 18.0 Å². The van der Waals surface area contributed by atoms with Crippen LogP contribution in [0.25, 0.3) is 10.2 Å². The number of aliphatic imine (C=N–C) groups is 1. The quantitative estimate of drug-likeness (QED) is 0.300. The van der Waals surface area contributed by atoms with E-state index < -0.39 is 21.9 Å². The Balaban J connectivity index is 1.94. The van der Waals surface area contributed by atoms with Crippen molar-refractivity contribution in [1.29, 1.82) is 0 Å². The van der Waals surface area contributed by atoms with Crippen molar-refractivity contribution in [3.63, 3.8) is 0 Å². The highest BCUT2D eigenvalue weighted by Crippen LogP contribution is 2.39. The van der Waals surface area contributed by atoms with Crippen molar-refractivity contribution in [1.82, 2.24) is 9.97 Å². The molecule has 0 amide bonds. The molecular weight excluding hydrogens is 434 g/mol. The number of aromatic nitrogens is 2. The SMILES string of the molecule is C=PCc1nc(C(=NC)C(=O)Sc2nc3ccccc3s2)c(C(F)(F)F)s1. The lowest BCUT2D eigenvalue weighted by atomic mass is 10.2. The van der Waals surface area contributed by atoms with Gasteiger partial charge in [0.05, 0.1) is 10.2 Å².